The minimum Gasteiger partial charge on any atom is -0.444 e. The number of nitrogens with one attached hydrogen (secondary N) is 1. The van der Waals surface area contributed by atoms with Crippen LogP contribution in [0.5, 0.6) is 0 Å². The average molecular weight is 887 g/mol. The molecular formula is C50H60ClN5O4Si2. The monoisotopic (exact) mass is 885 g/mol. The van der Waals surface area contributed by atoms with Gasteiger partial charge in [-0.15, -0.1) is 0 Å². The third-order valence-corrected chi connectivity index (χ3v) is 19.7. The minimum atomic E-state index is -3.05. The van der Waals surface area contributed by atoms with E-state index < -0.39 is 29.1 Å². The van der Waals surface area contributed by atoms with E-state index in [1.54, 1.807) is 27.1 Å². The maximum Gasteiger partial charge on any atom is 0.414 e. The van der Waals surface area contributed by atoms with E-state index >= 15 is 0 Å². The van der Waals surface area contributed by atoms with Crippen molar-refractivity contribution < 1.29 is 18.4 Å². The highest BCUT2D eigenvalue weighted by molar-refractivity contribution is 6.99. The predicted molar refractivity (Wildman–Crippen MR) is 257 cm³/mol. The van der Waals surface area contributed by atoms with Crippen LogP contribution < -0.4 is 26.1 Å². The summed E-state index contributed by atoms with van der Waals surface area (Å²) in [5.74, 6) is -0.0982. The third-order valence-electron chi connectivity index (χ3n) is 11.8. The maximum absolute atomic E-state index is 12.9. The summed E-state index contributed by atoms with van der Waals surface area (Å²) in [6.07, 6.45) is 1.93. The van der Waals surface area contributed by atoms with Gasteiger partial charge in [0, 0.05) is 5.92 Å². The largest absolute Gasteiger partial charge is 0.444 e. The van der Waals surface area contributed by atoms with Gasteiger partial charge in [-0.3, -0.25) is 5.32 Å². The van der Waals surface area contributed by atoms with E-state index in [1.807, 2.05) is 4.57 Å². The summed E-state index contributed by atoms with van der Waals surface area (Å²) in [7, 11) is -5.22. The summed E-state index contributed by atoms with van der Waals surface area (Å²) < 4.78 is 23.2. The van der Waals surface area contributed by atoms with Crippen molar-refractivity contribution in [3.05, 3.63) is 145 Å². The number of ether oxygens (including phenoxy) is 1. The second-order valence-corrected chi connectivity index (χ2v) is 26.4. The summed E-state index contributed by atoms with van der Waals surface area (Å²) in [4.78, 5) is 26.7. The van der Waals surface area contributed by atoms with Gasteiger partial charge in [-0.05, 0) is 70.4 Å². The van der Waals surface area contributed by atoms with Crippen LogP contribution in [0.25, 0.3) is 11.2 Å². The van der Waals surface area contributed by atoms with Gasteiger partial charge in [0.2, 0.25) is 15.0 Å². The molecule has 0 saturated heterocycles. The number of fused-ring (bicyclic) bond motifs is 1. The minimum absolute atomic E-state index is 0.0257. The first-order valence-corrected chi connectivity index (χ1v) is 25.4. The van der Waals surface area contributed by atoms with Crippen molar-refractivity contribution in [2.24, 2.45) is 11.3 Å². The number of nitrogens with zero attached hydrogens (tertiary/aromatic N) is 4. The molecule has 1 aliphatic rings. The highest BCUT2D eigenvalue weighted by atomic mass is 35.5. The Morgan fingerprint density at radius 2 is 1.34 bits per heavy atom. The Balaban J connectivity index is 1.35. The van der Waals surface area contributed by atoms with Gasteiger partial charge >= 0.3 is 6.09 Å². The van der Waals surface area contributed by atoms with Gasteiger partial charge in [-0.25, -0.2) is 9.78 Å². The standard InChI is InChI=1S/C50H60ClN5O4Si2/c1-34-39(31-42(48(2,3)4)59-61(35-23-15-11-16-24-35)36-25-17-12-18-26-36)41(60-62(50(8,9)10,37-27-19-13-20-28-37)38-29-21-14-22-30-38)32-40(34)56-33-52-43-44(51)53-46(54-45(43)56)55-47(57)58-49(5,6)7/h11-30,33,39-42,61H,1,31-32H2,2-10H3,(H,53,54,55,57)/t39-,40+,41+,42?/m1/s1. The van der Waals surface area contributed by atoms with Crippen molar-refractivity contribution in [2.45, 2.75) is 104 Å². The van der Waals surface area contributed by atoms with E-state index in [0.29, 0.717) is 24.0 Å². The number of aromatic nitrogens is 4. The second kappa shape index (κ2) is 18.1. The van der Waals surface area contributed by atoms with Crippen LogP contribution in [0.4, 0.5) is 10.7 Å². The van der Waals surface area contributed by atoms with Crippen LogP contribution in [-0.2, 0) is 13.6 Å². The van der Waals surface area contributed by atoms with Gasteiger partial charge in [-0.2, -0.15) is 9.97 Å². The van der Waals surface area contributed by atoms with Crippen LogP contribution in [0.15, 0.2) is 140 Å². The molecule has 1 unspecified atom stereocenters. The fourth-order valence-electron chi connectivity index (χ4n) is 8.84. The lowest BCUT2D eigenvalue weighted by atomic mass is 9.81. The van der Waals surface area contributed by atoms with Crippen LogP contribution in [0.1, 0.15) is 81.2 Å². The fourth-order valence-corrected chi connectivity index (χ4v) is 16.5. The van der Waals surface area contributed by atoms with E-state index in [1.165, 1.54) is 20.7 Å². The number of imidazole rings is 1. The third kappa shape index (κ3) is 9.67. The Bertz CT molecular complexity index is 2390. The molecule has 0 bridgehead atoms. The van der Waals surface area contributed by atoms with E-state index in [4.69, 9.17) is 41.7 Å². The molecule has 0 spiro atoms. The molecule has 1 aliphatic carbocycles. The van der Waals surface area contributed by atoms with Crippen LogP contribution in [0.3, 0.4) is 0 Å². The molecule has 2 aromatic heterocycles. The summed E-state index contributed by atoms with van der Waals surface area (Å²) in [6.45, 7) is 24.1. The fraction of sp³-hybridized carbons (Fsp3) is 0.360. The predicted octanol–water partition coefficient (Wildman–Crippen LogP) is 9.25. The van der Waals surface area contributed by atoms with Gasteiger partial charge in [0.05, 0.1) is 24.6 Å². The molecule has 2 heterocycles. The molecule has 1 N–H and O–H groups in total. The lowest BCUT2D eigenvalue weighted by Crippen LogP contribution is -2.68. The van der Waals surface area contributed by atoms with Crippen LogP contribution in [0, 0.1) is 11.3 Å². The van der Waals surface area contributed by atoms with Gasteiger partial charge < -0.3 is 18.2 Å². The maximum atomic E-state index is 12.9. The summed E-state index contributed by atoms with van der Waals surface area (Å²) >= 11 is 6.76. The summed E-state index contributed by atoms with van der Waals surface area (Å²) in [5.41, 5.74) is 0.961. The number of hydrogen-bond acceptors (Lipinski definition) is 7. The van der Waals surface area contributed by atoms with Crippen molar-refractivity contribution in [2.75, 3.05) is 5.32 Å². The molecule has 0 aliphatic heterocycles. The molecule has 1 saturated carbocycles. The van der Waals surface area contributed by atoms with Gasteiger partial charge in [0.1, 0.15) is 11.1 Å². The van der Waals surface area contributed by atoms with E-state index in [-0.39, 0.29) is 45.7 Å². The quantitative estimate of drug-likeness (QED) is 0.0744. The average Bonchev–Trinajstić information content (AvgIpc) is 3.78. The number of carbonyl (C=O) groups excluding carboxylic acids is 1. The van der Waals surface area contributed by atoms with Gasteiger partial charge in [0.15, 0.2) is 10.8 Å². The topological polar surface area (TPSA) is 100 Å². The number of anilines is 1. The molecule has 4 aromatic carbocycles. The number of hydrogen-bond donors (Lipinski definition) is 1. The van der Waals surface area contributed by atoms with Gasteiger partial charge in [0.25, 0.3) is 8.32 Å². The molecule has 324 valence electrons. The molecule has 0 radical (unpaired) electrons. The highest BCUT2D eigenvalue weighted by Gasteiger charge is 2.55. The van der Waals surface area contributed by atoms with Crippen molar-refractivity contribution >= 4 is 72.9 Å². The summed E-state index contributed by atoms with van der Waals surface area (Å²) in [5, 5.41) is 7.42. The zero-order valence-electron chi connectivity index (χ0n) is 37.4. The zero-order valence-corrected chi connectivity index (χ0v) is 40.3. The van der Waals surface area contributed by atoms with Crippen LogP contribution >= 0.6 is 11.6 Å². The number of carbonyl (C=O) groups is 1. The lowest BCUT2D eigenvalue weighted by Gasteiger charge is -2.46. The van der Waals surface area contributed by atoms with Crippen molar-refractivity contribution in [1.82, 2.24) is 19.5 Å². The molecule has 1 amide bonds. The van der Waals surface area contributed by atoms with Crippen molar-refractivity contribution in [3.8, 4) is 0 Å². The van der Waals surface area contributed by atoms with Gasteiger partial charge in [-0.1, -0.05) is 181 Å². The van der Waals surface area contributed by atoms with E-state index in [2.05, 4.69) is 173 Å². The molecule has 6 aromatic rings. The Morgan fingerprint density at radius 3 is 1.82 bits per heavy atom. The Labute approximate surface area is 374 Å². The SMILES string of the molecule is C=C1[C@@H](CC(O[SiH](c2ccccc2)c2ccccc2)C(C)(C)C)[C@@H](O[Si](c2ccccc2)(c2ccccc2)C(C)(C)C)C[C@@H]1n1cnc2c(Cl)nc(NC(=O)OC(C)(C)C)nc21. The van der Waals surface area contributed by atoms with Crippen molar-refractivity contribution in [1.29, 1.82) is 0 Å². The molecule has 1 fully saturated rings. The first kappa shape index (κ1) is 45.1. The van der Waals surface area contributed by atoms with Crippen LogP contribution in [-0.4, -0.2) is 60.8 Å². The smallest absolute Gasteiger partial charge is 0.414 e. The molecule has 9 nitrogen and oxygen atoms in total. The summed E-state index contributed by atoms with van der Waals surface area (Å²) in [6, 6.07) is 42.6. The zero-order chi connectivity index (χ0) is 44.5. The number of amides is 1. The Morgan fingerprint density at radius 1 is 0.823 bits per heavy atom. The Kier molecular flexibility index (Phi) is 13.1. The van der Waals surface area contributed by atoms with E-state index in [9.17, 15) is 4.79 Å². The van der Waals surface area contributed by atoms with E-state index in [0.717, 1.165) is 5.57 Å². The number of rotatable bonds is 12. The normalized spacial score (nSPS) is 18.0. The molecule has 7 rings (SSSR count). The second-order valence-electron chi connectivity index (χ2n) is 19.5. The Hall–Kier alpha value is -4.92. The van der Waals surface area contributed by atoms with Crippen LogP contribution in [0.2, 0.25) is 10.2 Å². The van der Waals surface area contributed by atoms with Crippen molar-refractivity contribution in [3.63, 3.8) is 0 Å². The number of benzene rings is 4. The molecule has 62 heavy (non-hydrogen) atoms. The number of halogens is 1. The highest BCUT2D eigenvalue weighted by Crippen LogP contribution is 2.49. The molecule has 4 atom stereocenters. The first-order valence-electron chi connectivity index (χ1n) is 21.5. The lowest BCUT2D eigenvalue weighted by molar-refractivity contribution is 0.0482. The molecular weight excluding hydrogens is 826 g/mol. The molecule has 12 heteroatoms. The first-order chi connectivity index (χ1) is 29.4.